The summed E-state index contributed by atoms with van der Waals surface area (Å²) < 4.78 is 51.9. The van der Waals surface area contributed by atoms with Gasteiger partial charge in [0, 0.05) is 6.54 Å². The lowest BCUT2D eigenvalue weighted by atomic mass is 9.91. The van der Waals surface area contributed by atoms with E-state index in [9.17, 15) is 17.6 Å². The van der Waals surface area contributed by atoms with Gasteiger partial charge in [-0.15, -0.1) is 0 Å². The van der Waals surface area contributed by atoms with Crippen molar-refractivity contribution in [3.05, 3.63) is 58.9 Å². The lowest BCUT2D eigenvalue weighted by molar-refractivity contribution is -0.139. The van der Waals surface area contributed by atoms with E-state index in [0.29, 0.717) is 12.1 Å². The molecule has 1 aliphatic rings. The van der Waals surface area contributed by atoms with Gasteiger partial charge in [0.05, 0.1) is 5.56 Å². The molecule has 2 aromatic carbocycles. The zero-order valence-electron chi connectivity index (χ0n) is 11.1. The molecule has 5 heteroatoms. The summed E-state index contributed by atoms with van der Waals surface area (Å²) in [6, 6.07) is 8.75. The highest BCUT2D eigenvalue weighted by Crippen LogP contribution is 2.36. The molecule has 3 rings (SSSR count). The third-order valence-corrected chi connectivity index (χ3v) is 3.72. The number of hydrogen-bond acceptors (Lipinski definition) is 1. The molecule has 21 heavy (non-hydrogen) atoms. The van der Waals surface area contributed by atoms with Crippen molar-refractivity contribution >= 4 is 0 Å². The van der Waals surface area contributed by atoms with E-state index in [0.717, 1.165) is 41.8 Å². The predicted octanol–water partition coefficient (Wildman–Crippen LogP) is 4.16. The predicted molar refractivity (Wildman–Crippen MR) is 72.2 cm³/mol. The van der Waals surface area contributed by atoms with E-state index in [1.807, 2.05) is 12.1 Å². The van der Waals surface area contributed by atoms with Gasteiger partial charge < -0.3 is 5.32 Å². The van der Waals surface area contributed by atoms with Gasteiger partial charge in [-0.05, 0) is 47.4 Å². The average molecular weight is 295 g/mol. The highest BCUT2D eigenvalue weighted by atomic mass is 19.4. The highest BCUT2D eigenvalue weighted by molar-refractivity contribution is 5.70. The monoisotopic (exact) mass is 295 g/mol. The summed E-state index contributed by atoms with van der Waals surface area (Å²) in [6.45, 7) is 1.49. The molecule has 0 atom stereocenters. The van der Waals surface area contributed by atoms with E-state index >= 15 is 0 Å². The summed E-state index contributed by atoms with van der Waals surface area (Å²) in [7, 11) is 0. The SMILES string of the molecule is Fc1ccc(-c2cccc3c2CCNC3)cc1C(F)(F)F. The minimum atomic E-state index is -4.68. The van der Waals surface area contributed by atoms with E-state index in [2.05, 4.69) is 5.32 Å². The first-order valence-corrected chi connectivity index (χ1v) is 6.65. The molecule has 1 N–H and O–H groups in total. The van der Waals surface area contributed by atoms with Crippen molar-refractivity contribution in [2.45, 2.75) is 19.1 Å². The van der Waals surface area contributed by atoms with Gasteiger partial charge in [-0.1, -0.05) is 24.3 Å². The average Bonchev–Trinajstić information content (AvgIpc) is 2.46. The molecular formula is C16H13F4N. The van der Waals surface area contributed by atoms with Crippen LogP contribution in [-0.2, 0) is 19.1 Å². The summed E-state index contributed by atoms with van der Waals surface area (Å²) in [6.07, 6.45) is -3.93. The van der Waals surface area contributed by atoms with Crippen molar-refractivity contribution in [2.24, 2.45) is 0 Å². The van der Waals surface area contributed by atoms with Gasteiger partial charge in [-0.25, -0.2) is 4.39 Å². The fourth-order valence-corrected chi connectivity index (χ4v) is 2.71. The maximum Gasteiger partial charge on any atom is 0.419 e. The van der Waals surface area contributed by atoms with Gasteiger partial charge >= 0.3 is 6.18 Å². The molecule has 0 aromatic heterocycles. The molecule has 0 unspecified atom stereocenters. The topological polar surface area (TPSA) is 12.0 Å². The van der Waals surface area contributed by atoms with Crippen LogP contribution in [0.2, 0.25) is 0 Å². The molecule has 0 fully saturated rings. The van der Waals surface area contributed by atoms with Gasteiger partial charge in [0.25, 0.3) is 0 Å². The molecule has 1 aliphatic heterocycles. The largest absolute Gasteiger partial charge is 0.419 e. The van der Waals surface area contributed by atoms with E-state index < -0.39 is 17.6 Å². The van der Waals surface area contributed by atoms with Crippen LogP contribution in [-0.4, -0.2) is 6.54 Å². The number of nitrogens with one attached hydrogen (secondary N) is 1. The fraction of sp³-hybridized carbons (Fsp3) is 0.250. The molecule has 0 aliphatic carbocycles. The fourth-order valence-electron chi connectivity index (χ4n) is 2.71. The van der Waals surface area contributed by atoms with Crippen molar-refractivity contribution in [1.82, 2.24) is 5.32 Å². The van der Waals surface area contributed by atoms with Crippen LogP contribution in [0.15, 0.2) is 36.4 Å². The second-order valence-electron chi connectivity index (χ2n) is 5.06. The summed E-state index contributed by atoms with van der Waals surface area (Å²) in [4.78, 5) is 0. The maximum absolute atomic E-state index is 13.4. The van der Waals surface area contributed by atoms with E-state index in [4.69, 9.17) is 0 Å². The van der Waals surface area contributed by atoms with Gasteiger partial charge in [-0.3, -0.25) is 0 Å². The van der Waals surface area contributed by atoms with E-state index in [1.54, 1.807) is 6.07 Å². The lowest BCUT2D eigenvalue weighted by Gasteiger charge is -2.21. The maximum atomic E-state index is 13.4. The number of hydrogen-bond donors (Lipinski definition) is 1. The highest BCUT2D eigenvalue weighted by Gasteiger charge is 2.34. The van der Waals surface area contributed by atoms with Crippen LogP contribution in [0.25, 0.3) is 11.1 Å². The van der Waals surface area contributed by atoms with Crippen molar-refractivity contribution in [1.29, 1.82) is 0 Å². The van der Waals surface area contributed by atoms with Gasteiger partial charge in [0.1, 0.15) is 5.82 Å². The number of rotatable bonds is 1. The summed E-state index contributed by atoms with van der Waals surface area (Å²) in [5.74, 6) is -1.24. The normalized spacial score (nSPS) is 14.9. The Morgan fingerprint density at radius 2 is 1.86 bits per heavy atom. The van der Waals surface area contributed by atoms with Crippen molar-refractivity contribution in [3.8, 4) is 11.1 Å². The number of alkyl halides is 3. The van der Waals surface area contributed by atoms with Crippen LogP contribution < -0.4 is 5.32 Å². The van der Waals surface area contributed by atoms with Crippen LogP contribution in [0.3, 0.4) is 0 Å². The molecule has 0 amide bonds. The van der Waals surface area contributed by atoms with Crippen LogP contribution in [0, 0.1) is 5.82 Å². The van der Waals surface area contributed by atoms with E-state index in [1.165, 1.54) is 6.07 Å². The molecule has 1 nitrogen and oxygen atoms in total. The Balaban J connectivity index is 2.14. The Morgan fingerprint density at radius 1 is 1.05 bits per heavy atom. The first kappa shape index (κ1) is 14.1. The van der Waals surface area contributed by atoms with Gasteiger partial charge in [-0.2, -0.15) is 13.2 Å². The molecule has 0 saturated carbocycles. The smallest absolute Gasteiger partial charge is 0.312 e. The van der Waals surface area contributed by atoms with Crippen LogP contribution in [0.5, 0.6) is 0 Å². The number of benzene rings is 2. The Labute approximate surface area is 119 Å². The third-order valence-electron chi connectivity index (χ3n) is 3.72. The number of fused-ring (bicyclic) bond motifs is 1. The summed E-state index contributed by atoms with van der Waals surface area (Å²) in [5, 5.41) is 3.22. The summed E-state index contributed by atoms with van der Waals surface area (Å²) >= 11 is 0. The van der Waals surface area contributed by atoms with Crippen LogP contribution in [0.1, 0.15) is 16.7 Å². The second kappa shape index (κ2) is 5.15. The molecule has 1 heterocycles. The standard InChI is InChI=1S/C16H13F4N/c17-15-5-4-10(8-14(15)16(18,19)20)12-3-1-2-11-9-21-7-6-13(11)12/h1-5,8,21H,6-7,9H2. The van der Waals surface area contributed by atoms with Crippen molar-refractivity contribution in [3.63, 3.8) is 0 Å². The molecule has 110 valence electrons. The first-order chi connectivity index (χ1) is 9.97. The Hall–Kier alpha value is -1.88. The third kappa shape index (κ3) is 2.65. The second-order valence-corrected chi connectivity index (χ2v) is 5.06. The van der Waals surface area contributed by atoms with Crippen molar-refractivity contribution < 1.29 is 17.6 Å². The summed E-state index contributed by atoms with van der Waals surface area (Å²) in [5.41, 5.74) is 2.06. The van der Waals surface area contributed by atoms with Crippen LogP contribution >= 0.6 is 0 Å². The first-order valence-electron chi connectivity index (χ1n) is 6.65. The number of halogens is 4. The van der Waals surface area contributed by atoms with E-state index in [-0.39, 0.29) is 0 Å². The molecule has 2 aromatic rings. The molecule has 0 saturated heterocycles. The zero-order chi connectivity index (χ0) is 15.0. The zero-order valence-corrected chi connectivity index (χ0v) is 11.1. The van der Waals surface area contributed by atoms with Gasteiger partial charge in [0.15, 0.2) is 0 Å². The molecule has 0 spiro atoms. The van der Waals surface area contributed by atoms with Crippen molar-refractivity contribution in [2.75, 3.05) is 6.54 Å². The quantitative estimate of drug-likeness (QED) is 0.779. The molecule has 0 bridgehead atoms. The Bertz CT molecular complexity index is 676. The lowest BCUT2D eigenvalue weighted by Crippen LogP contribution is -2.24. The van der Waals surface area contributed by atoms with Crippen LogP contribution in [0.4, 0.5) is 17.6 Å². The molecular weight excluding hydrogens is 282 g/mol. The molecule has 0 radical (unpaired) electrons. The Morgan fingerprint density at radius 3 is 2.62 bits per heavy atom. The van der Waals surface area contributed by atoms with Gasteiger partial charge in [0.2, 0.25) is 0 Å². The minimum Gasteiger partial charge on any atom is -0.312 e. The minimum absolute atomic E-state index is 0.405. The Kier molecular flexibility index (Phi) is 3.45.